The van der Waals surface area contributed by atoms with Gasteiger partial charge in [0.25, 0.3) is 0 Å². The van der Waals surface area contributed by atoms with E-state index in [9.17, 15) is 0 Å². The third kappa shape index (κ3) is 3.52. The molecule has 1 unspecified atom stereocenters. The van der Waals surface area contributed by atoms with Gasteiger partial charge < -0.3 is 14.2 Å². The molecular weight excluding hydrogens is 252 g/mol. The van der Waals surface area contributed by atoms with Crippen LogP contribution in [0.3, 0.4) is 0 Å². The van der Waals surface area contributed by atoms with Gasteiger partial charge in [-0.2, -0.15) is 0 Å². The zero-order chi connectivity index (χ0) is 14.4. The Bertz CT molecular complexity index is 524. The lowest BCUT2D eigenvalue weighted by atomic mass is 10.0. The second-order valence-corrected chi connectivity index (χ2v) is 4.51. The fourth-order valence-corrected chi connectivity index (χ4v) is 2.08. The summed E-state index contributed by atoms with van der Waals surface area (Å²) in [6.45, 7) is 0. The van der Waals surface area contributed by atoms with Gasteiger partial charge in [-0.05, 0) is 30.2 Å². The molecule has 0 saturated carbocycles. The molecule has 20 heavy (non-hydrogen) atoms. The Hall–Kier alpha value is -2.00. The van der Waals surface area contributed by atoms with E-state index < -0.39 is 0 Å². The van der Waals surface area contributed by atoms with Gasteiger partial charge in [0, 0.05) is 12.7 Å². The van der Waals surface area contributed by atoms with E-state index in [2.05, 4.69) is 18.2 Å². The van der Waals surface area contributed by atoms with Crippen molar-refractivity contribution >= 4 is 6.08 Å². The summed E-state index contributed by atoms with van der Waals surface area (Å²) in [6.07, 6.45) is 9.23. The number of hydrogen-bond acceptors (Lipinski definition) is 3. The normalized spacial score (nSPS) is 18.6. The summed E-state index contributed by atoms with van der Waals surface area (Å²) < 4.78 is 15.9. The lowest BCUT2D eigenvalue weighted by Gasteiger charge is -2.18. The van der Waals surface area contributed by atoms with Gasteiger partial charge in [0.1, 0.15) is 11.5 Å². The van der Waals surface area contributed by atoms with Gasteiger partial charge in [0.15, 0.2) is 0 Å². The monoisotopic (exact) mass is 272 g/mol. The average Bonchev–Trinajstić information content (AvgIpc) is 2.53. The highest BCUT2D eigenvalue weighted by atomic mass is 16.5. The fraction of sp³-hybridized carbons (Fsp3) is 0.294. The molecule has 106 valence electrons. The first-order chi connectivity index (χ1) is 9.76. The number of benzene rings is 1. The van der Waals surface area contributed by atoms with Crippen LogP contribution in [-0.2, 0) is 9.47 Å². The predicted molar refractivity (Wildman–Crippen MR) is 80.6 cm³/mol. The fourth-order valence-electron chi connectivity index (χ4n) is 2.08. The summed E-state index contributed by atoms with van der Waals surface area (Å²) in [5.41, 5.74) is 2.20. The Balaban J connectivity index is 2.10. The molecule has 1 aliphatic carbocycles. The second kappa shape index (κ2) is 6.96. The van der Waals surface area contributed by atoms with Crippen molar-refractivity contribution in [1.29, 1.82) is 0 Å². The third-order valence-corrected chi connectivity index (χ3v) is 3.29. The Morgan fingerprint density at radius 2 is 1.75 bits per heavy atom. The van der Waals surface area contributed by atoms with E-state index in [1.54, 1.807) is 21.3 Å². The van der Waals surface area contributed by atoms with E-state index in [4.69, 9.17) is 14.2 Å². The summed E-state index contributed by atoms with van der Waals surface area (Å²) in [6, 6.07) is 7.94. The smallest absolute Gasteiger partial charge is 0.124 e. The number of rotatable bonds is 5. The van der Waals surface area contributed by atoms with E-state index in [0.29, 0.717) is 0 Å². The summed E-state index contributed by atoms with van der Waals surface area (Å²) in [7, 11) is 5.05. The van der Waals surface area contributed by atoms with Crippen LogP contribution in [-0.4, -0.2) is 27.4 Å². The van der Waals surface area contributed by atoms with Crippen LogP contribution in [0.5, 0.6) is 5.75 Å². The van der Waals surface area contributed by atoms with Gasteiger partial charge in [0.2, 0.25) is 0 Å². The molecule has 1 atom stereocenters. The number of methoxy groups -OCH3 is 3. The molecule has 0 radical (unpaired) electrons. The van der Waals surface area contributed by atoms with Crippen molar-refractivity contribution < 1.29 is 14.2 Å². The molecule has 0 heterocycles. The van der Waals surface area contributed by atoms with Gasteiger partial charge in [-0.25, -0.2) is 0 Å². The maximum Gasteiger partial charge on any atom is 0.124 e. The van der Waals surface area contributed by atoms with Crippen LogP contribution < -0.4 is 4.74 Å². The number of ether oxygens (including phenoxy) is 3. The Morgan fingerprint density at radius 1 is 1.00 bits per heavy atom. The SMILES string of the molecule is COC1=CC(OC)CC=C1/C=C/c1ccc(OC)cc1. The van der Waals surface area contributed by atoms with E-state index in [-0.39, 0.29) is 6.10 Å². The molecular formula is C17H20O3. The topological polar surface area (TPSA) is 27.7 Å². The van der Waals surface area contributed by atoms with Crippen molar-refractivity contribution in [3.8, 4) is 5.75 Å². The highest BCUT2D eigenvalue weighted by molar-refractivity contribution is 5.57. The van der Waals surface area contributed by atoms with Gasteiger partial charge >= 0.3 is 0 Å². The molecule has 3 heteroatoms. The quantitative estimate of drug-likeness (QED) is 0.820. The van der Waals surface area contributed by atoms with Gasteiger partial charge in [-0.15, -0.1) is 0 Å². The standard InChI is InChI=1S/C17H20O3/c1-18-15-9-5-13(6-10-15)4-7-14-8-11-16(19-2)12-17(14)20-3/h4-10,12,16H,11H2,1-3H3/b7-4+. The minimum Gasteiger partial charge on any atom is -0.497 e. The number of allylic oxidation sites excluding steroid dienone is 1. The molecule has 1 aromatic rings. The van der Waals surface area contributed by atoms with Gasteiger partial charge in [0.05, 0.1) is 20.3 Å². The highest BCUT2D eigenvalue weighted by Crippen LogP contribution is 2.23. The van der Waals surface area contributed by atoms with Crippen LogP contribution in [0.4, 0.5) is 0 Å². The summed E-state index contributed by atoms with van der Waals surface area (Å²) in [5, 5.41) is 0. The highest BCUT2D eigenvalue weighted by Gasteiger charge is 2.13. The third-order valence-electron chi connectivity index (χ3n) is 3.29. The van der Waals surface area contributed by atoms with Crippen molar-refractivity contribution in [3.05, 3.63) is 59.4 Å². The van der Waals surface area contributed by atoms with Crippen LogP contribution in [0.25, 0.3) is 6.08 Å². The number of hydrogen-bond donors (Lipinski definition) is 0. The van der Waals surface area contributed by atoms with Crippen LogP contribution in [0.2, 0.25) is 0 Å². The molecule has 1 aromatic carbocycles. The van der Waals surface area contributed by atoms with Crippen molar-refractivity contribution in [3.63, 3.8) is 0 Å². The molecule has 0 bridgehead atoms. The Labute approximate surface area is 120 Å². The minimum absolute atomic E-state index is 0.100. The molecule has 0 saturated heterocycles. The molecule has 0 spiro atoms. The first-order valence-electron chi connectivity index (χ1n) is 6.58. The van der Waals surface area contributed by atoms with E-state index in [1.807, 2.05) is 30.3 Å². The molecule has 0 N–H and O–H groups in total. The average molecular weight is 272 g/mol. The lowest BCUT2D eigenvalue weighted by Crippen LogP contribution is -2.12. The lowest BCUT2D eigenvalue weighted by molar-refractivity contribution is 0.136. The van der Waals surface area contributed by atoms with Gasteiger partial charge in [-0.3, -0.25) is 0 Å². The maximum atomic E-state index is 5.40. The van der Waals surface area contributed by atoms with Crippen molar-refractivity contribution in [1.82, 2.24) is 0 Å². The summed E-state index contributed by atoms with van der Waals surface area (Å²) >= 11 is 0. The summed E-state index contributed by atoms with van der Waals surface area (Å²) in [5.74, 6) is 1.72. The van der Waals surface area contributed by atoms with Crippen LogP contribution in [0, 0.1) is 0 Å². The first kappa shape index (κ1) is 14.4. The zero-order valence-electron chi connectivity index (χ0n) is 12.1. The molecule has 0 aromatic heterocycles. The molecule has 3 nitrogen and oxygen atoms in total. The predicted octanol–water partition coefficient (Wildman–Crippen LogP) is 3.58. The molecule has 1 aliphatic rings. The van der Waals surface area contributed by atoms with Crippen molar-refractivity contribution in [2.24, 2.45) is 0 Å². The van der Waals surface area contributed by atoms with E-state index in [1.165, 1.54) is 0 Å². The zero-order valence-corrected chi connectivity index (χ0v) is 12.1. The maximum absolute atomic E-state index is 5.40. The van der Waals surface area contributed by atoms with Crippen LogP contribution >= 0.6 is 0 Å². The van der Waals surface area contributed by atoms with E-state index in [0.717, 1.165) is 29.1 Å². The molecule has 0 amide bonds. The van der Waals surface area contributed by atoms with Crippen LogP contribution in [0.15, 0.2) is 53.8 Å². The first-order valence-corrected chi connectivity index (χ1v) is 6.58. The van der Waals surface area contributed by atoms with Crippen LogP contribution in [0.1, 0.15) is 12.0 Å². The second-order valence-electron chi connectivity index (χ2n) is 4.51. The minimum atomic E-state index is 0.100. The molecule has 0 aliphatic heterocycles. The molecule has 0 fully saturated rings. The van der Waals surface area contributed by atoms with Gasteiger partial charge in [-0.1, -0.05) is 30.4 Å². The molecule has 2 rings (SSSR count). The largest absolute Gasteiger partial charge is 0.497 e. The van der Waals surface area contributed by atoms with Crippen molar-refractivity contribution in [2.45, 2.75) is 12.5 Å². The van der Waals surface area contributed by atoms with Crippen molar-refractivity contribution in [2.75, 3.05) is 21.3 Å². The Kier molecular flexibility index (Phi) is 5.02. The summed E-state index contributed by atoms with van der Waals surface area (Å²) in [4.78, 5) is 0. The van der Waals surface area contributed by atoms with E-state index >= 15 is 0 Å². The Morgan fingerprint density at radius 3 is 2.35 bits per heavy atom.